The first-order chi connectivity index (χ1) is 13.9. The number of aromatic nitrogens is 2. The monoisotopic (exact) mass is 414 g/mol. The summed E-state index contributed by atoms with van der Waals surface area (Å²) in [6, 6.07) is 5.27. The van der Waals surface area contributed by atoms with Gasteiger partial charge in [0.05, 0.1) is 26.2 Å². The normalized spacial score (nSPS) is 15.5. The number of methoxy groups -OCH3 is 2. The number of aryl methyl sites for hydroxylation is 1. The molecule has 1 unspecified atom stereocenters. The van der Waals surface area contributed by atoms with Crippen molar-refractivity contribution in [1.29, 1.82) is 0 Å². The average Bonchev–Trinajstić information content (AvgIpc) is 3.24. The van der Waals surface area contributed by atoms with Crippen LogP contribution in [0, 0.1) is 0 Å². The van der Waals surface area contributed by atoms with Gasteiger partial charge >= 0.3 is 5.69 Å². The Balaban J connectivity index is 1.84. The summed E-state index contributed by atoms with van der Waals surface area (Å²) in [4.78, 5) is 42.2. The van der Waals surface area contributed by atoms with Gasteiger partial charge in [-0.2, -0.15) is 0 Å². The fourth-order valence-electron chi connectivity index (χ4n) is 4.10. The number of ketones is 1. The molecule has 1 N–H and O–H groups in total. The van der Waals surface area contributed by atoms with Crippen molar-refractivity contribution in [3.63, 3.8) is 0 Å². The van der Waals surface area contributed by atoms with Crippen molar-refractivity contribution in [3.05, 3.63) is 55.0 Å². The minimum absolute atomic E-state index is 0.0406. The molecule has 0 bridgehead atoms. The predicted octanol–water partition coefficient (Wildman–Crippen LogP) is 2.83. The number of hydrogen-bond acceptors (Lipinski definition) is 6. The Kier molecular flexibility index (Phi) is 5.04. The molecule has 1 aliphatic rings. The van der Waals surface area contributed by atoms with E-state index in [1.54, 1.807) is 32.2 Å². The number of hydrogen-bond donors (Lipinski definition) is 1. The van der Waals surface area contributed by atoms with Crippen molar-refractivity contribution in [2.45, 2.75) is 38.6 Å². The number of benzene rings is 1. The number of nitrogens with one attached hydrogen (secondary N) is 1. The van der Waals surface area contributed by atoms with Crippen LogP contribution in [-0.2, 0) is 17.8 Å². The maximum atomic E-state index is 13.3. The van der Waals surface area contributed by atoms with Crippen molar-refractivity contribution in [1.82, 2.24) is 9.55 Å². The van der Waals surface area contributed by atoms with E-state index in [4.69, 9.17) is 9.47 Å². The molecule has 1 aliphatic carbocycles. The number of fused-ring (bicyclic) bond motifs is 3. The van der Waals surface area contributed by atoms with Crippen LogP contribution in [0.25, 0.3) is 10.2 Å². The summed E-state index contributed by atoms with van der Waals surface area (Å²) in [7, 11) is 3.10. The van der Waals surface area contributed by atoms with Gasteiger partial charge in [0.25, 0.3) is 5.56 Å². The lowest BCUT2D eigenvalue weighted by Crippen LogP contribution is -2.35. The van der Waals surface area contributed by atoms with E-state index in [1.807, 2.05) is 0 Å². The summed E-state index contributed by atoms with van der Waals surface area (Å²) < 4.78 is 11.8. The lowest BCUT2D eigenvalue weighted by atomic mass is 9.96. The van der Waals surface area contributed by atoms with Gasteiger partial charge in [0.15, 0.2) is 0 Å². The molecular formula is C21H22N2O5S. The molecule has 1 atom stereocenters. The van der Waals surface area contributed by atoms with Gasteiger partial charge in [-0.05, 0) is 43.4 Å². The number of thiophene rings is 1. The van der Waals surface area contributed by atoms with Crippen LogP contribution in [0.15, 0.2) is 27.8 Å². The number of ether oxygens (including phenoxy) is 2. The van der Waals surface area contributed by atoms with E-state index in [0.717, 1.165) is 23.3 Å². The fourth-order valence-corrected chi connectivity index (χ4v) is 5.38. The molecule has 0 fully saturated rings. The van der Waals surface area contributed by atoms with Crippen LogP contribution in [-0.4, -0.2) is 29.6 Å². The lowest BCUT2D eigenvalue weighted by Gasteiger charge is -2.12. The van der Waals surface area contributed by atoms with Crippen LogP contribution >= 0.6 is 11.3 Å². The van der Waals surface area contributed by atoms with Crippen molar-refractivity contribution in [2.24, 2.45) is 0 Å². The van der Waals surface area contributed by atoms with Crippen molar-refractivity contribution >= 4 is 27.3 Å². The van der Waals surface area contributed by atoms with E-state index < -0.39 is 5.69 Å². The highest BCUT2D eigenvalue weighted by Crippen LogP contribution is 2.43. The van der Waals surface area contributed by atoms with Gasteiger partial charge in [-0.25, -0.2) is 4.79 Å². The van der Waals surface area contributed by atoms with Gasteiger partial charge in [-0.3, -0.25) is 14.3 Å². The SMILES string of the molecule is COc1ccc(Cn2c(=O)[nH]c3sc4c(c3c2=O)C(CC(C)=O)CC4)c(OC)c1. The zero-order valence-electron chi connectivity index (χ0n) is 16.5. The highest BCUT2D eigenvalue weighted by atomic mass is 32.1. The van der Waals surface area contributed by atoms with Crippen LogP contribution < -0.4 is 20.7 Å². The second kappa shape index (κ2) is 7.51. The molecular weight excluding hydrogens is 392 g/mol. The summed E-state index contributed by atoms with van der Waals surface area (Å²) in [5.74, 6) is 1.32. The number of H-pyrrole nitrogens is 1. The Morgan fingerprint density at radius 1 is 1.28 bits per heavy atom. The molecule has 0 radical (unpaired) electrons. The van der Waals surface area contributed by atoms with Crippen LogP contribution in [0.1, 0.15) is 41.7 Å². The molecule has 0 saturated carbocycles. The maximum absolute atomic E-state index is 13.3. The Morgan fingerprint density at radius 3 is 2.76 bits per heavy atom. The van der Waals surface area contributed by atoms with Crippen LogP contribution in [0.2, 0.25) is 0 Å². The molecule has 7 nitrogen and oxygen atoms in total. The quantitative estimate of drug-likeness (QED) is 0.670. The number of Topliss-reactive ketones (excluding diaryl/α,β-unsaturated/α-hetero) is 1. The topological polar surface area (TPSA) is 90.4 Å². The van der Waals surface area contributed by atoms with Crippen molar-refractivity contribution in [3.8, 4) is 11.5 Å². The lowest BCUT2D eigenvalue weighted by molar-refractivity contribution is -0.117. The smallest absolute Gasteiger partial charge is 0.329 e. The van der Waals surface area contributed by atoms with Gasteiger partial charge in [-0.15, -0.1) is 11.3 Å². The molecule has 2 aromatic heterocycles. The number of carbonyl (C=O) groups excluding carboxylic acids is 1. The van der Waals surface area contributed by atoms with Gasteiger partial charge in [-0.1, -0.05) is 0 Å². The third-order valence-corrected chi connectivity index (χ3v) is 6.61. The second-order valence-electron chi connectivity index (χ2n) is 7.28. The van der Waals surface area contributed by atoms with Crippen LogP contribution in [0.5, 0.6) is 11.5 Å². The zero-order chi connectivity index (χ0) is 20.7. The molecule has 0 amide bonds. The first-order valence-corrected chi connectivity index (χ1v) is 10.2. The molecule has 0 spiro atoms. The largest absolute Gasteiger partial charge is 0.497 e. The molecule has 0 aliphatic heterocycles. The molecule has 4 rings (SSSR count). The Labute approximate surface area is 170 Å². The van der Waals surface area contributed by atoms with Crippen LogP contribution in [0.4, 0.5) is 0 Å². The minimum Gasteiger partial charge on any atom is -0.497 e. The van der Waals surface area contributed by atoms with E-state index in [9.17, 15) is 14.4 Å². The Hall–Kier alpha value is -2.87. The molecule has 29 heavy (non-hydrogen) atoms. The summed E-state index contributed by atoms with van der Waals surface area (Å²) in [6.45, 7) is 1.65. The minimum atomic E-state index is -0.455. The first kappa shape index (κ1) is 19.4. The van der Waals surface area contributed by atoms with Crippen LogP contribution in [0.3, 0.4) is 0 Å². The molecule has 152 valence electrons. The summed E-state index contributed by atoms with van der Waals surface area (Å²) in [5, 5.41) is 0.542. The molecule has 1 aromatic carbocycles. The third kappa shape index (κ3) is 3.37. The maximum Gasteiger partial charge on any atom is 0.329 e. The molecule has 3 aromatic rings. The summed E-state index contributed by atoms with van der Waals surface area (Å²) in [5.41, 5.74) is 0.863. The van der Waals surface area contributed by atoms with Gasteiger partial charge < -0.3 is 14.3 Å². The Morgan fingerprint density at radius 2 is 2.07 bits per heavy atom. The van der Waals surface area contributed by atoms with E-state index in [0.29, 0.717) is 33.7 Å². The second-order valence-corrected chi connectivity index (χ2v) is 8.39. The van der Waals surface area contributed by atoms with Gasteiger partial charge in [0, 0.05) is 22.9 Å². The van der Waals surface area contributed by atoms with Crippen molar-refractivity contribution < 1.29 is 14.3 Å². The average molecular weight is 414 g/mol. The third-order valence-electron chi connectivity index (χ3n) is 5.43. The summed E-state index contributed by atoms with van der Waals surface area (Å²) >= 11 is 1.45. The summed E-state index contributed by atoms with van der Waals surface area (Å²) in [6.07, 6.45) is 2.12. The Bertz CT molecular complexity index is 1220. The van der Waals surface area contributed by atoms with E-state index in [2.05, 4.69) is 4.98 Å². The number of nitrogens with zero attached hydrogens (tertiary/aromatic N) is 1. The standard InChI is InChI=1S/C21H22N2O5S/c1-11(24)8-12-5-7-16-17(12)18-19(29-16)22-21(26)23(20(18)25)10-13-4-6-14(27-2)9-15(13)28-3/h4,6,9,12H,5,7-8,10H2,1-3H3,(H,22,26). The number of carbonyl (C=O) groups is 1. The molecule has 2 heterocycles. The van der Waals surface area contributed by atoms with E-state index >= 15 is 0 Å². The highest BCUT2D eigenvalue weighted by Gasteiger charge is 2.30. The number of rotatable bonds is 6. The molecule has 8 heteroatoms. The first-order valence-electron chi connectivity index (χ1n) is 9.41. The number of aromatic amines is 1. The molecule has 0 saturated heterocycles. The highest BCUT2D eigenvalue weighted by molar-refractivity contribution is 7.18. The van der Waals surface area contributed by atoms with E-state index in [1.165, 1.54) is 23.0 Å². The van der Waals surface area contributed by atoms with Crippen molar-refractivity contribution in [2.75, 3.05) is 14.2 Å². The fraction of sp³-hybridized carbons (Fsp3) is 0.381. The van der Waals surface area contributed by atoms with E-state index in [-0.39, 0.29) is 23.8 Å². The zero-order valence-corrected chi connectivity index (χ0v) is 17.4. The van der Waals surface area contributed by atoms with Gasteiger partial charge in [0.1, 0.15) is 22.1 Å². The predicted molar refractivity (Wildman–Crippen MR) is 112 cm³/mol. The van der Waals surface area contributed by atoms with Gasteiger partial charge in [0.2, 0.25) is 0 Å².